The molecule has 3 heterocycles. The Kier molecular flexibility index (Phi) is 8.18. The van der Waals surface area contributed by atoms with Crippen molar-refractivity contribution < 1.29 is 9.53 Å². The van der Waals surface area contributed by atoms with E-state index < -0.39 is 0 Å². The van der Waals surface area contributed by atoms with Gasteiger partial charge in [-0.15, -0.1) is 0 Å². The van der Waals surface area contributed by atoms with Crippen LogP contribution in [0, 0.1) is 13.8 Å². The van der Waals surface area contributed by atoms with Crippen LogP contribution in [-0.4, -0.2) is 39.3 Å². The molecule has 8 heteroatoms. The molecule has 0 unspecified atom stereocenters. The van der Waals surface area contributed by atoms with Crippen molar-refractivity contribution in [1.82, 2.24) is 25.1 Å². The number of amides is 1. The van der Waals surface area contributed by atoms with Crippen molar-refractivity contribution in [3.05, 3.63) is 70.5 Å². The molecule has 194 valence electrons. The number of rotatable bonds is 10. The van der Waals surface area contributed by atoms with E-state index in [1.807, 2.05) is 42.8 Å². The smallest absolute Gasteiger partial charge is 0.252 e. The van der Waals surface area contributed by atoms with E-state index in [1.165, 1.54) is 5.56 Å². The maximum absolute atomic E-state index is 13.6. The summed E-state index contributed by atoms with van der Waals surface area (Å²) in [5.74, 6) is 0.329. The Bertz CT molecular complexity index is 1410. The van der Waals surface area contributed by atoms with Gasteiger partial charge >= 0.3 is 0 Å². The van der Waals surface area contributed by atoms with E-state index in [2.05, 4.69) is 41.4 Å². The molecule has 0 radical (unpaired) electrons. The summed E-state index contributed by atoms with van der Waals surface area (Å²) in [6.07, 6.45) is 4.71. The van der Waals surface area contributed by atoms with Gasteiger partial charge in [0.2, 0.25) is 5.88 Å². The third-order valence-corrected chi connectivity index (χ3v) is 6.50. The van der Waals surface area contributed by atoms with Crippen molar-refractivity contribution in [2.45, 2.75) is 59.5 Å². The number of pyridine rings is 2. The van der Waals surface area contributed by atoms with Gasteiger partial charge in [-0.05, 0) is 82.8 Å². The van der Waals surface area contributed by atoms with Gasteiger partial charge in [-0.2, -0.15) is 5.10 Å². The Morgan fingerprint density at radius 2 is 1.95 bits per heavy atom. The first kappa shape index (κ1) is 26.3. The average molecular weight is 501 g/mol. The van der Waals surface area contributed by atoms with Crippen molar-refractivity contribution in [3.8, 4) is 17.1 Å². The van der Waals surface area contributed by atoms with Gasteiger partial charge in [0, 0.05) is 29.4 Å². The maximum atomic E-state index is 13.6. The van der Waals surface area contributed by atoms with Crippen molar-refractivity contribution in [1.29, 1.82) is 0 Å². The molecule has 37 heavy (non-hydrogen) atoms. The van der Waals surface area contributed by atoms with E-state index in [9.17, 15) is 4.79 Å². The SMILES string of the molecule is COc1nc(C)cc(C)c1CNC(=O)c1cc(-c2cccc(CCCCN)c2)nc2c1cnn2C(C)C. The van der Waals surface area contributed by atoms with E-state index in [1.54, 1.807) is 13.3 Å². The Morgan fingerprint density at radius 1 is 1.14 bits per heavy atom. The number of nitrogens with zero attached hydrogens (tertiary/aromatic N) is 4. The van der Waals surface area contributed by atoms with Crippen LogP contribution in [0.5, 0.6) is 5.88 Å². The number of ether oxygens (including phenoxy) is 1. The molecule has 1 aromatic carbocycles. The molecule has 0 spiro atoms. The second kappa shape index (κ2) is 11.5. The average Bonchev–Trinajstić information content (AvgIpc) is 3.32. The number of nitrogens with two attached hydrogens (primary N) is 1. The number of hydrogen-bond donors (Lipinski definition) is 2. The minimum atomic E-state index is -0.196. The molecule has 0 aliphatic rings. The maximum Gasteiger partial charge on any atom is 0.252 e. The van der Waals surface area contributed by atoms with Gasteiger partial charge in [0.25, 0.3) is 5.91 Å². The van der Waals surface area contributed by atoms with Crippen LogP contribution in [0.15, 0.2) is 42.6 Å². The fourth-order valence-electron chi connectivity index (χ4n) is 4.57. The number of nitrogens with one attached hydrogen (secondary N) is 1. The molecule has 0 fully saturated rings. The summed E-state index contributed by atoms with van der Waals surface area (Å²) in [4.78, 5) is 23.0. The first-order chi connectivity index (χ1) is 17.8. The predicted molar refractivity (Wildman–Crippen MR) is 147 cm³/mol. The van der Waals surface area contributed by atoms with E-state index in [0.717, 1.165) is 52.7 Å². The summed E-state index contributed by atoms with van der Waals surface area (Å²) in [7, 11) is 1.59. The van der Waals surface area contributed by atoms with Crippen LogP contribution in [0.2, 0.25) is 0 Å². The molecule has 3 aromatic heterocycles. The van der Waals surface area contributed by atoms with Crippen LogP contribution in [0.4, 0.5) is 0 Å². The number of methoxy groups -OCH3 is 1. The van der Waals surface area contributed by atoms with Gasteiger partial charge in [-0.25, -0.2) is 14.6 Å². The van der Waals surface area contributed by atoms with Gasteiger partial charge in [-0.3, -0.25) is 4.79 Å². The van der Waals surface area contributed by atoms with E-state index >= 15 is 0 Å². The number of aromatic nitrogens is 4. The minimum absolute atomic E-state index is 0.101. The van der Waals surface area contributed by atoms with Crippen LogP contribution in [0.25, 0.3) is 22.3 Å². The second-order valence-corrected chi connectivity index (χ2v) is 9.67. The molecule has 0 aliphatic carbocycles. The van der Waals surface area contributed by atoms with Crippen LogP contribution in [0.1, 0.15) is 65.5 Å². The standard InChI is InChI=1S/C29H36N6O2/c1-18(2)35-27-25(17-32-35)23(28(36)31-16-24-19(3)13-20(4)33-29(24)37-5)15-26(34-27)22-11-8-10-21(14-22)9-6-7-12-30/h8,10-11,13-15,17-18H,6-7,9,12,16,30H2,1-5H3,(H,31,36). The molecule has 0 atom stereocenters. The van der Waals surface area contributed by atoms with Gasteiger partial charge in [0.15, 0.2) is 5.65 Å². The van der Waals surface area contributed by atoms with E-state index in [-0.39, 0.29) is 11.9 Å². The second-order valence-electron chi connectivity index (χ2n) is 9.67. The zero-order valence-corrected chi connectivity index (χ0v) is 22.3. The number of carbonyl (C=O) groups is 1. The van der Waals surface area contributed by atoms with Crippen LogP contribution >= 0.6 is 0 Å². The quantitative estimate of drug-likeness (QED) is 0.300. The van der Waals surface area contributed by atoms with Crippen molar-refractivity contribution in [2.75, 3.05) is 13.7 Å². The van der Waals surface area contributed by atoms with Crippen LogP contribution in [-0.2, 0) is 13.0 Å². The monoisotopic (exact) mass is 500 g/mol. The molecule has 3 N–H and O–H groups in total. The Balaban J connectivity index is 1.71. The fraction of sp³-hybridized carbons (Fsp3) is 0.379. The molecular formula is C29H36N6O2. The summed E-state index contributed by atoms with van der Waals surface area (Å²) < 4.78 is 7.33. The first-order valence-electron chi connectivity index (χ1n) is 12.8. The number of benzene rings is 1. The van der Waals surface area contributed by atoms with Gasteiger partial charge in [0.05, 0.1) is 30.0 Å². The molecule has 4 aromatic rings. The van der Waals surface area contributed by atoms with Gasteiger partial charge in [0.1, 0.15) is 0 Å². The topological polar surface area (TPSA) is 108 Å². The van der Waals surface area contributed by atoms with Gasteiger partial charge in [-0.1, -0.05) is 18.2 Å². The summed E-state index contributed by atoms with van der Waals surface area (Å²) in [5.41, 5.74) is 12.6. The highest BCUT2D eigenvalue weighted by Gasteiger charge is 2.20. The third kappa shape index (κ3) is 5.80. The number of hydrogen-bond acceptors (Lipinski definition) is 6. The number of fused-ring (bicyclic) bond motifs is 1. The Labute approximate surface area is 218 Å². The molecule has 0 saturated carbocycles. The normalized spacial score (nSPS) is 11.3. The molecule has 8 nitrogen and oxygen atoms in total. The molecular weight excluding hydrogens is 464 g/mol. The Hall–Kier alpha value is -3.78. The molecule has 0 saturated heterocycles. The predicted octanol–water partition coefficient (Wildman–Crippen LogP) is 4.91. The fourth-order valence-corrected chi connectivity index (χ4v) is 4.57. The number of unbranched alkanes of at least 4 members (excludes halogenated alkanes) is 1. The highest BCUT2D eigenvalue weighted by atomic mass is 16.5. The zero-order chi connectivity index (χ0) is 26.5. The van der Waals surface area contributed by atoms with E-state index in [4.69, 9.17) is 15.5 Å². The highest BCUT2D eigenvalue weighted by Crippen LogP contribution is 2.28. The highest BCUT2D eigenvalue weighted by molar-refractivity contribution is 6.06. The lowest BCUT2D eigenvalue weighted by atomic mass is 10.0. The number of aryl methyl sites for hydroxylation is 3. The van der Waals surface area contributed by atoms with Crippen molar-refractivity contribution in [3.63, 3.8) is 0 Å². The van der Waals surface area contributed by atoms with Crippen LogP contribution < -0.4 is 15.8 Å². The number of carbonyl (C=O) groups excluding carboxylic acids is 1. The molecule has 4 rings (SSSR count). The van der Waals surface area contributed by atoms with Gasteiger partial charge < -0.3 is 15.8 Å². The molecule has 1 amide bonds. The lowest BCUT2D eigenvalue weighted by Crippen LogP contribution is -2.24. The van der Waals surface area contributed by atoms with Crippen LogP contribution in [0.3, 0.4) is 0 Å². The lowest BCUT2D eigenvalue weighted by Gasteiger charge is -2.14. The molecule has 0 aliphatic heterocycles. The zero-order valence-electron chi connectivity index (χ0n) is 22.3. The summed E-state index contributed by atoms with van der Waals surface area (Å²) in [5, 5.41) is 8.33. The summed E-state index contributed by atoms with van der Waals surface area (Å²) >= 11 is 0. The molecule has 0 bridgehead atoms. The third-order valence-electron chi connectivity index (χ3n) is 6.50. The minimum Gasteiger partial charge on any atom is -0.481 e. The summed E-state index contributed by atoms with van der Waals surface area (Å²) in [6.45, 7) is 9.02. The lowest BCUT2D eigenvalue weighted by molar-refractivity contribution is 0.0952. The summed E-state index contributed by atoms with van der Waals surface area (Å²) in [6, 6.07) is 12.3. The van der Waals surface area contributed by atoms with Crippen molar-refractivity contribution in [2.24, 2.45) is 5.73 Å². The Morgan fingerprint density at radius 3 is 2.68 bits per heavy atom. The largest absolute Gasteiger partial charge is 0.481 e. The first-order valence-corrected chi connectivity index (χ1v) is 12.8. The van der Waals surface area contributed by atoms with Crippen molar-refractivity contribution >= 4 is 16.9 Å². The van der Waals surface area contributed by atoms with E-state index in [0.29, 0.717) is 30.2 Å².